The first-order chi connectivity index (χ1) is 12.6. The fraction of sp³-hybridized carbons (Fsp3) is 0.333. The molecule has 1 aliphatic heterocycles. The van der Waals surface area contributed by atoms with Crippen LogP contribution in [0.3, 0.4) is 0 Å². The van der Waals surface area contributed by atoms with E-state index in [1.807, 2.05) is 6.07 Å². The van der Waals surface area contributed by atoms with Gasteiger partial charge < -0.3 is 25.6 Å². The van der Waals surface area contributed by atoms with Gasteiger partial charge in [0, 0.05) is 43.4 Å². The van der Waals surface area contributed by atoms with Crippen molar-refractivity contribution < 1.29 is 14.6 Å². The number of benzene rings is 1. The van der Waals surface area contributed by atoms with Crippen molar-refractivity contribution in [1.29, 1.82) is 5.41 Å². The third-order valence-corrected chi connectivity index (χ3v) is 4.03. The van der Waals surface area contributed by atoms with E-state index >= 15 is 0 Å². The molecule has 1 aromatic carbocycles. The van der Waals surface area contributed by atoms with Crippen molar-refractivity contribution in [1.82, 2.24) is 9.88 Å². The van der Waals surface area contributed by atoms with Gasteiger partial charge in [0.25, 0.3) is 0 Å². The second kappa shape index (κ2) is 8.50. The van der Waals surface area contributed by atoms with Crippen molar-refractivity contribution in [3.8, 4) is 11.5 Å². The topological polar surface area (TPSA) is 117 Å². The predicted molar refractivity (Wildman–Crippen MR) is 101 cm³/mol. The number of nitrogens with zero attached hydrogens (tertiary/aromatic N) is 2. The van der Waals surface area contributed by atoms with Gasteiger partial charge in [-0.1, -0.05) is 0 Å². The lowest BCUT2D eigenvalue weighted by Gasteiger charge is -2.26. The number of hydrogen-bond acceptors (Lipinski definition) is 7. The van der Waals surface area contributed by atoms with Gasteiger partial charge in [0.2, 0.25) is 0 Å². The number of aromatic hydroxyl groups is 1. The molecule has 0 aliphatic carbocycles. The molecule has 1 aliphatic rings. The molecule has 1 aromatic heterocycles. The van der Waals surface area contributed by atoms with Gasteiger partial charge in [-0.3, -0.25) is 10.3 Å². The van der Waals surface area contributed by atoms with E-state index in [1.165, 1.54) is 18.3 Å². The number of anilines is 1. The zero-order valence-electron chi connectivity index (χ0n) is 14.4. The van der Waals surface area contributed by atoms with Crippen LogP contribution in [-0.2, 0) is 4.74 Å². The van der Waals surface area contributed by atoms with Crippen LogP contribution in [0.2, 0.25) is 0 Å². The zero-order valence-corrected chi connectivity index (χ0v) is 14.4. The Balaban J connectivity index is 1.66. The van der Waals surface area contributed by atoms with Crippen molar-refractivity contribution in [3.05, 3.63) is 36.5 Å². The highest BCUT2D eigenvalue weighted by Gasteiger charge is 2.10. The largest absolute Gasteiger partial charge is 0.507 e. The maximum atomic E-state index is 10.2. The molecule has 0 amide bonds. The molecule has 8 nitrogen and oxygen atoms in total. The average Bonchev–Trinajstić information content (AvgIpc) is 2.62. The Morgan fingerprint density at radius 3 is 2.96 bits per heavy atom. The Bertz CT molecular complexity index is 803. The lowest BCUT2D eigenvalue weighted by molar-refractivity contribution is 0.0322. The summed E-state index contributed by atoms with van der Waals surface area (Å²) in [6, 6.07) is 6.93. The number of morpholine rings is 1. The minimum atomic E-state index is -0.0709. The maximum absolute atomic E-state index is 10.2. The Hall–Kier alpha value is -2.84. The number of rotatable bonds is 7. The number of amidine groups is 1. The molecule has 0 saturated carbocycles. The third-order valence-electron chi connectivity index (χ3n) is 4.03. The number of fused-ring (bicyclic) bond motifs is 1. The SMILES string of the molecule is N=C(N)/C=C\Nc1cc(O)c2ccc(OCCN3CCOCC3)cc2n1. The van der Waals surface area contributed by atoms with Crippen LogP contribution in [0.4, 0.5) is 5.82 Å². The van der Waals surface area contributed by atoms with Crippen molar-refractivity contribution in [2.75, 3.05) is 44.8 Å². The predicted octanol–water partition coefficient (Wildman–Crippen LogP) is 1.51. The zero-order chi connectivity index (χ0) is 18.4. The second-order valence-electron chi connectivity index (χ2n) is 5.94. The summed E-state index contributed by atoms with van der Waals surface area (Å²) < 4.78 is 11.2. The quantitative estimate of drug-likeness (QED) is 0.438. The molecule has 2 heterocycles. The van der Waals surface area contributed by atoms with Gasteiger partial charge >= 0.3 is 0 Å². The van der Waals surface area contributed by atoms with Crippen LogP contribution < -0.4 is 15.8 Å². The van der Waals surface area contributed by atoms with E-state index < -0.39 is 0 Å². The van der Waals surface area contributed by atoms with E-state index in [0.29, 0.717) is 29.1 Å². The molecule has 2 aromatic rings. The molecule has 1 saturated heterocycles. The van der Waals surface area contributed by atoms with E-state index in [-0.39, 0.29) is 11.6 Å². The monoisotopic (exact) mass is 357 g/mol. The molecule has 8 heteroatoms. The number of pyridine rings is 1. The number of aromatic nitrogens is 1. The molecule has 3 rings (SSSR count). The smallest absolute Gasteiger partial charge is 0.134 e. The number of hydrogen-bond donors (Lipinski definition) is 4. The summed E-state index contributed by atoms with van der Waals surface area (Å²) in [5, 5.41) is 20.8. The highest BCUT2D eigenvalue weighted by Crippen LogP contribution is 2.29. The minimum Gasteiger partial charge on any atom is -0.507 e. The van der Waals surface area contributed by atoms with E-state index in [9.17, 15) is 5.11 Å². The summed E-state index contributed by atoms with van der Waals surface area (Å²) in [6.07, 6.45) is 2.90. The average molecular weight is 357 g/mol. The third kappa shape index (κ3) is 4.84. The number of nitrogens with two attached hydrogens (primary N) is 1. The van der Waals surface area contributed by atoms with Gasteiger partial charge in [-0.25, -0.2) is 4.98 Å². The highest BCUT2D eigenvalue weighted by atomic mass is 16.5. The first-order valence-electron chi connectivity index (χ1n) is 8.45. The van der Waals surface area contributed by atoms with Crippen LogP contribution in [0, 0.1) is 5.41 Å². The van der Waals surface area contributed by atoms with Gasteiger partial charge in [-0.05, 0) is 18.2 Å². The molecule has 0 bridgehead atoms. The molecule has 0 unspecified atom stereocenters. The summed E-state index contributed by atoms with van der Waals surface area (Å²) in [5.41, 5.74) is 5.88. The molecule has 0 atom stereocenters. The standard InChI is InChI=1S/C18H23N5O3/c19-17(20)3-4-21-18-12-16(24)14-2-1-13(11-15(14)22-18)26-10-7-23-5-8-25-9-6-23/h1-4,11-12H,5-10H2,(H3,19,20)(H2,21,22,24)/b4-3-. The van der Waals surface area contributed by atoms with E-state index in [4.69, 9.17) is 20.6 Å². The summed E-state index contributed by atoms with van der Waals surface area (Å²) in [7, 11) is 0. The Labute approximate surface area is 151 Å². The van der Waals surface area contributed by atoms with Crippen molar-refractivity contribution >= 4 is 22.6 Å². The van der Waals surface area contributed by atoms with Gasteiger partial charge in [0.05, 0.1) is 18.7 Å². The van der Waals surface area contributed by atoms with Crippen LogP contribution in [0.15, 0.2) is 36.5 Å². The summed E-state index contributed by atoms with van der Waals surface area (Å²) >= 11 is 0. The van der Waals surface area contributed by atoms with Crippen LogP contribution in [0.1, 0.15) is 0 Å². The number of nitrogens with one attached hydrogen (secondary N) is 2. The summed E-state index contributed by atoms with van der Waals surface area (Å²) in [4.78, 5) is 6.75. The fourth-order valence-electron chi connectivity index (χ4n) is 2.69. The first-order valence-corrected chi connectivity index (χ1v) is 8.45. The van der Waals surface area contributed by atoms with E-state index in [2.05, 4.69) is 15.2 Å². The summed E-state index contributed by atoms with van der Waals surface area (Å²) in [6.45, 7) is 4.83. The van der Waals surface area contributed by atoms with Crippen molar-refractivity contribution in [2.24, 2.45) is 5.73 Å². The van der Waals surface area contributed by atoms with Gasteiger partial charge in [-0.2, -0.15) is 0 Å². The first kappa shape index (κ1) is 18.0. The van der Waals surface area contributed by atoms with Gasteiger partial charge in [0.15, 0.2) is 0 Å². The second-order valence-corrected chi connectivity index (χ2v) is 5.94. The van der Waals surface area contributed by atoms with E-state index in [0.717, 1.165) is 32.8 Å². The van der Waals surface area contributed by atoms with Crippen LogP contribution in [0.5, 0.6) is 11.5 Å². The Morgan fingerprint density at radius 1 is 1.38 bits per heavy atom. The van der Waals surface area contributed by atoms with Crippen molar-refractivity contribution in [2.45, 2.75) is 0 Å². The van der Waals surface area contributed by atoms with E-state index in [1.54, 1.807) is 12.1 Å². The Morgan fingerprint density at radius 2 is 2.19 bits per heavy atom. The maximum Gasteiger partial charge on any atom is 0.134 e. The molecule has 138 valence electrons. The molecule has 26 heavy (non-hydrogen) atoms. The highest BCUT2D eigenvalue weighted by molar-refractivity contribution is 5.89. The number of ether oxygens (including phenoxy) is 2. The molecule has 5 N–H and O–H groups in total. The van der Waals surface area contributed by atoms with Gasteiger partial charge in [-0.15, -0.1) is 0 Å². The lowest BCUT2D eigenvalue weighted by atomic mass is 10.2. The summed E-state index contributed by atoms with van der Waals surface area (Å²) in [5.74, 6) is 1.21. The van der Waals surface area contributed by atoms with Crippen molar-refractivity contribution in [3.63, 3.8) is 0 Å². The fourth-order valence-corrected chi connectivity index (χ4v) is 2.69. The minimum absolute atomic E-state index is 0.0709. The molecule has 1 fully saturated rings. The molecule has 0 spiro atoms. The molecule has 0 radical (unpaired) electrons. The lowest BCUT2D eigenvalue weighted by Crippen LogP contribution is -2.38. The Kier molecular flexibility index (Phi) is 5.88. The van der Waals surface area contributed by atoms with Gasteiger partial charge in [0.1, 0.15) is 29.8 Å². The molecular weight excluding hydrogens is 334 g/mol. The van der Waals surface area contributed by atoms with Crippen LogP contribution in [-0.4, -0.2) is 60.3 Å². The molecular formula is C18H23N5O3. The normalized spacial score (nSPS) is 15.4. The van der Waals surface area contributed by atoms with Crippen LogP contribution >= 0.6 is 0 Å². The van der Waals surface area contributed by atoms with Crippen LogP contribution in [0.25, 0.3) is 10.9 Å².